The molecule has 0 aliphatic carbocycles. The van der Waals surface area contributed by atoms with Gasteiger partial charge in [0.2, 0.25) is 5.91 Å². The van der Waals surface area contributed by atoms with Crippen molar-refractivity contribution in [2.75, 3.05) is 24.3 Å². The SMILES string of the molecule is COC(=O)CN(C(=O)C(CCc1ccccc1)CSC(C)=O)c1ccc(OCc2ccc(OC(C)=O)cc2)cc1. The van der Waals surface area contributed by atoms with Crippen LogP contribution < -0.4 is 14.4 Å². The molecule has 40 heavy (non-hydrogen) atoms. The first-order valence-electron chi connectivity index (χ1n) is 12.8. The Bertz CT molecular complexity index is 1280. The van der Waals surface area contributed by atoms with Crippen LogP contribution in [0.3, 0.4) is 0 Å². The Hall–Kier alpha value is -4.11. The van der Waals surface area contributed by atoms with E-state index in [9.17, 15) is 19.2 Å². The standard InChI is InChI=1S/C31H33NO7S/c1-22(33)39-29-15-10-25(11-16-29)20-38-28-17-13-27(14-18-28)32(19-30(35)37-3)31(36)26(21-40-23(2)34)12-9-24-7-5-4-6-8-24/h4-8,10-11,13-18,26H,9,12,19-21H2,1-3H3. The minimum absolute atomic E-state index is 0.0699. The Labute approximate surface area is 238 Å². The highest BCUT2D eigenvalue weighted by Gasteiger charge is 2.28. The molecule has 0 saturated heterocycles. The molecule has 0 aliphatic rings. The third kappa shape index (κ3) is 9.89. The number of carbonyl (C=O) groups excluding carboxylic acids is 4. The number of anilines is 1. The molecule has 0 aliphatic heterocycles. The van der Waals surface area contributed by atoms with Gasteiger partial charge >= 0.3 is 11.9 Å². The Balaban J connectivity index is 1.72. The van der Waals surface area contributed by atoms with Gasteiger partial charge in [0, 0.05) is 31.2 Å². The number of ether oxygens (including phenoxy) is 3. The monoisotopic (exact) mass is 563 g/mol. The molecule has 1 amide bonds. The predicted molar refractivity (Wildman–Crippen MR) is 154 cm³/mol. The lowest BCUT2D eigenvalue weighted by molar-refractivity contribution is -0.140. The molecule has 210 valence electrons. The van der Waals surface area contributed by atoms with Crippen molar-refractivity contribution >= 4 is 40.4 Å². The molecule has 1 atom stereocenters. The van der Waals surface area contributed by atoms with Gasteiger partial charge in [-0.25, -0.2) is 0 Å². The highest BCUT2D eigenvalue weighted by atomic mass is 32.2. The second-order valence-corrected chi connectivity index (χ2v) is 10.2. The normalized spacial score (nSPS) is 11.3. The second-order valence-electron chi connectivity index (χ2n) is 9.04. The summed E-state index contributed by atoms with van der Waals surface area (Å²) in [5.74, 6) is -0.321. The summed E-state index contributed by atoms with van der Waals surface area (Å²) in [5, 5.41) is -0.0699. The molecule has 0 N–H and O–H groups in total. The van der Waals surface area contributed by atoms with Gasteiger partial charge in [-0.05, 0) is 60.4 Å². The van der Waals surface area contributed by atoms with Gasteiger partial charge < -0.3 is 19.1 Å². The Morgan fingerprint density at radius 3 is 2.08 bits per heavy atom. The third-order valence-corrected chi connectivity index (χ3v) is 6.96. The summed E-state index contributed by atoms with van der Waals surface area (Å²) in [6.45, 7) is 2.85. The van der Waals surface area contributed by atoms with E-state index >= 15 is 0 Å². The fourth-order valence-electron chi connectivity index (χ4n) is 3.90. The zero-order valence-electron chi connectivity index (χ0n) is 22.8. The molecule has 3 rings (SSSR count). The molecule has 9 heteroatoms. The van der Waals surface area contributed by atoms with Crippen LogP contribution in [0.2, 0.25) is 0 Å². The molecule has 8 nitrogen and oxygen atoms in total. The molecular formula is C31H33NO7S. The summed E-state index contributed by atoms with van der Waals surface area (Å²) < 4.78 is 15.8. The van der Waals surface area contributed by atoms with E-state index in [0.717, 1.165) is 22.9 Å². The van der Waals surface area contributed by atoms with Crippen LogP contribution in [0.5, 0.6) is 11.5 Å². The van der Waals surface area contributed by atoms with E-state index in [1.807, 2.05) is 30.3 Å². The van der Waals surface area contributed by atoms with E-state index in [2.05, 4.69) is 0 Å². The van der Waals surface area contributed by atoms with Crippen molar-refractivity contribution in [2.45, 2.75) is 33.3 Å². The summed E-state index contributed by atoms with van der Waals surface area (Å²) in [6.07, 6.45) is 1.19. The Morgan fingerprint density at radius 2 is 1.48 bits per heavy atom. The van der Waals surface area contributed by atoms with Crippen molar-refractivity contribution in [3.8, 4) is 11.5 Å². The van der Waals surface area contributed by atoms with E-state index in [-0.39, 0.29) is 30.1 Å². The number of thioether (sulfide) groups is 1. The van der Waals surface area contributed by atoms with Crippen LogP contribution in [0.1, 0.15) is 31.4 Å². The van der Waals surface area contributed by atoms with E-state index in [1.54, 1.807) is 48.5 Å². The fourth-order valence-corrected chi connectivity index (χ4v) is 4.65. The molecule has 0 fully saturated rings. The lowest BCUT2D eigenvalue weighted by Gasteiger charge is -2.27. The molecule has 0 bridgehead atoms. The van der Waals surface area contributed by atoms with Crippen LogP contribution in [0.4, 0.5) is 5.69 Å². The van der Waals surface area contributed by atoms with Gasteiger partial charge in [0.05, 0.1) is 7.11 Å². The lowest BCUT2D eigenvalue weighted by Crippen LogP contribution is -2.41. The largest absolute Gasteiger partial charge is 0.489 e. The van der Waals surface area contributed by atoms with Crippen molar-refractivity contribution in [1.29, 1.82) is 0 Å². The van der Waals surface area contributed by atoms with Gasteiger partial charge in [0.1, 0.15) is 24.7 Å². The average Bonchev–Trinajstić information content (AvgIpc) is 2.95. The van der Waals surface area contributed by atoms with Gasteiger partial charge in [-0.15, -0.1) is 0 Å². The van der Waals surface area contributed by atoms with Crippen molar-refractivity contribution in [3.63, 3.8) is 0 Å². The average molecular weight is 564 g/mol. The van der Waals surface area contributed by atoms with E-state index in [4.69, 9.17) is 14.2 Å². The predicted octanol–water partition coefficient (Wildman–Crippen LogP) is 5.23. The van der Waals surface area contributed by atoms with Crippen LogP contribution in [0, 0.1) is 5.92 Å². The molecule has 0 spiro atoms. The zero-order valence-corrected chi connectivity index (χ0v) is 23.6. The van der Waals surface area contributed by atoms with Gasteiger partial charge in [0.15, 0.2) is 5.12 Å². The molecule has 3 aromatic carbocycles. The smallest absolute Gasteiger partial charge is 0.325 e. The minimum atomic E-state index is -0.549. The van der Waals surface area contributed by atoms with Crippen molar-refractivity contribution in [1.82, 2.24) is 0 Å². The van der Waals surface area contributed by atoms with Gasteiger partial charge in [0.25, 0.3) is 0 Å². The maximum atomic E-state index is 13.8. The number of nitrogens with zero attached hydrogens (tertiary/aromatic N) is 1. The number of hydrogen-bond donors (Lipinski definition) is 0. The number of amides is 1. The summed E-state index contributed by atoms with van der Waals surface area (Å²) in [4.78, 5) is 50.2. The number of methoxy groups -OCH3 is 1. The second kappa shape index (κ2) is 15.5. The highest BCUT2D eigenvalue weighted by molar-refractivity contribution is 8.13. The summed E-state index contributed by atoms with van der Waals surface area (Å²) in [7, 11) is 1.28. The first-order valence-corrected chi connectivity index (χ1v) is 13.8. The quantitative estimate of drug-likeness (QED) is 0.206. The first-order chi connectivity index (χ1) is 19.2. The minimum Gasteiger partial charge on any atom is -0.489 e. The molecule has 0 heterocycles. The van der Waals surface area contributed by atoms with Crippen LogP contribution in [-0.2, 0) is 36.9 Å². The van der Waals surface area contributed by atoms with Crippen LogP contribution in [0.15, 0.2) is 78.9 Å². The van der Waals surface area contributed by atoms with Gasteiger partial charge in [-0.3, -0.25) is 19.2 Å². The molecule has 3 aromatic rings. The van der Waals surface area contributed by atoms with E-state index < -0.39 is 11.9 Å². The van der Waals surface area contributed by atoms with Crippen molar-refractivity contribution < 1.29 is 33.4 Å². The van der Waals surface area contributed by atoms with E-state index in [1.165, 1.54) is 25.9 Å². The fraction of sp³-hybridized carbons (Fsp3) is 0.290. The maximum absolute atomic E-state index is 13.8. The summed E-state index contributed by atoms with van der Waals surface area (Å²) in [6, 6.07) is 23.7. The topological polar surface area (TPSA) is 99.2 Å². The van der Waals surface area contributed by atoms with Gasteiger partial charge in [-0.2, -0.15) is 0 Å². The Kier molecular flexibility index (Phi) is 11.8. The van der Waals surface area contributed by atoms with E-state index in [0.29, 0.717) is 35.8 Å². The van der Waals surface area contributed by atoms with Crippen LogP contribution in [0.25, 0.3) is 0 Å². The molecular weight excluding hydrogens is 530 g/mol. The number of esters is 2. The molecule has 1 unspecified atom stereocenters. The molecule has 0 radical (unpaired) electrons. The number of rotatable bonds is 13. The lowest BCUT2D eigenvalue weighted by atomic mass is 9.99. The van der Waals surface area contributed by atoms with Crippen molar-refractivity contribution in [3.05, 3.63) is 90.0 Å². The Morgan fingerprint density at radius 1 is 0.825 bits per heavy atom. The summed E-state index contributed by atoms with van der Waals surface area (Å²) >= 11 is 1.10. The third-order valence-electron chi connectivity index (χ3n) is 5.98. The maximum Gasteiger partial charge on any atom is 0.325 e. The molecule has 0 aromatic heterocycles. The van der Waals surface area contributed by atoms with Gasteiger partial charge in [-0.1, -0.05) is 54.2 Å². The summed E-state index contributed by atoms with van der Waals surface area (Å²) in [5.41, 5.74) is 2.49. The number of hydrogen-bond acceptors (Lipinski definition) is 8. The van der Waals surface area contributed by atoms with Crippen LogP contribution in [-0.4, -0.2) is 42.4 Å². The molecule has 0 saturated carbocycles. The number of benzene rings is 3. The van der Waals surface area contributed by atoms with Crippen LogP contribution >= 0.6 is 11.8 Å². The highest BCUT2D eigenvalue weighted by Crippen LogP contribution is 2.25. The number of carbonyl (C=O) groups is 4. The van der Waals surface area contributed by atoms with Crippen molar-refractivity contribution in [2.24, 2.45) is 5.92 Å². The number of aryl methyl sites for hydroxylation is 1. The first kappa shape index (κ1) is 30.4. The zero-order chi connectivity index (χ0) is 28.9.